The van der Waals surface area contributed by atoms with Crippen molar-refractivity contribution in [2.45, 2.75) is 44.9 Å². The molecule has 6 nitrogen and oxygen atoms in total. The Morgan fingerprint density at radius 1 is 1.04 bits per heavy atom. The van der Waals surface area contributed by atoms with E-state index in [9.17, 15) is 14.9 Å². The van der Waals surface area contributed by atoms with Crippen molar-refractivity contribution in [1.29, 1.82) is 0 Å². The molecule has 6 heteroatoms. The predicted octanol–water partition coefficient (Wildman–Crippen LogP) is 3.60. The number of anilines is 1. The van der Waals surface area contributed by atoms with Crippen LogP contribution in [0.1, 0.15) is 44.9 Å². The zero-order valence-corrected chi connectivity index (χ0v) is 14.7. The molecule has 1 saturated heterocycles. The molecule has 0 atom stereocenters. The number of rotatable bonds is 5. The number of nitrogens with zero attached hydrogens (tertiary/aromatic N) is 3. The zero-order valence-electron chi connectivity index (χ0n) is 14.7. The summed E-state index contributed by atoms with van der Waals surface area (Å²) in [5.74, 6) is 1.04. The number of piperazine rings is 1. The third-order valence-electron chi connectivity index (χ3n) is 5.55. The molecule has 1 aromatic rings. The van der Waals surface area contributed by atoms with Gasteiger partial charge in [-0.1, -0.05) is 32.1 Å². The minimum Gasteiger partial charge on any atom is -0.368 e. The highest BCUT2D eigenvalue weighted by atomic mass is 16.6. The smallest absolute Gasteiger partial charge is 0.269 e. The number of carbonyl (C=O) groups is 1. The summed E-state index contributed by atoms with van der Waals surface area (Å²) in [5, 5.41) is 10.7. The van der Waals surface area contributed by atoms with Crippen molar-refractivity contribution in [2.24, 2.45) is 5.92 Å². The Morgan fingerprint density at radius 3 is 2.28 bits per heavy atom. The quantitative estimate of drug-likeness (QED) is 0.604. The lowest BCUT2D eigenvalue weighted by Gasteiger charge is -2.36. The minimum absolute atomic E-state index is 0.111. The van der Waals surface area contributed by atoms with Crippen LogP contribution in [0.2, 0.25) is 0 Å². The van der Waals surface area contributed by atoms with Crippen LogP contribution in [0, 0.1) is 16.0 Å². The molecule has 0 unspecified atom stereocenters. The monoisotopic (exact) mass is 345 g/mol. The molecule has 136 valence electrons. The van der Waals surface area contributed by atoms with Crippen LogP contribution in [-0.2, 0) is 4.79 Å². The number of benzene rings is 1. The third kappa shape index (κ3) is 4.71. The van der Waals surface area contributed by atoms with E-state index in [1.54, 1.807) is 12.1 Å². The van der Waals surface area contributed by atoms with Gasteiger partial charge in [0, 0.05) is 50.4 Å². The fourth-order valence-corrected chi connectivity index (χ4v) is 3.96. The highest BCUT2D eigenvalue weighted by Crippen LogP contribution is 2.27. The number of nitro benzene ring substituents is 1. The number of carbonyl (C=O) groups excluding carboxylic acids is 1. The van der Waals surface area contributed by atoms with Crippen molar-refractivity contribution in [2.75, 3.05) is 31.1 Å². The molecule has 1 amide bonds. The molecule has 0 radical (unpaired) electrons. The molecule has 3 rings (SSSR count). The van der Waals surface area contributed by atoms with Gasteiger partial charge in [0.25, 0.3) is 5.69 Å². The van der Waals surface area contributed by atoms with Gasteiger partial charge < -0.3 is 9.80 Å². The van der Waals surface area contributed by atoms with E-state index < -0.39 is 0 Å². The number of nitro groups is 1. The van der Waals surface area contributed by atoms with Crippen molar-refractivity contribution < 1.29 is 9.72 Å². The zero-order chi connectivity index (χ0) is 17.6. The lowest BCUT2D eigenvalue weighted by atomic mass is 9.86. The average molecular weight is 345 g/mol. The van der Waals surface area contributed by atoms with Crippen LogP contribution in [0.15, 0.2) is 24.3 Å². The molecular formula is C19H27N3O3. The SMILES string of the molecule is O=C(CCC1CCCCC1)N1CCN(c2ccc([N+](=O)[O-])cc2)CC1. The Morgan fingerprint density at radius 2 is 1.68 bits per heavy atom. The lowest BCUT2D eigenvalue weighted by Crippen LogP contribution is -2.48. The van der Waals surface area contributed by atoms with E-state index in [1.807, 2.05) is 4.90 Å². The second-order valence-corrected chi connectivity index (χ2v) is 7.18. The normalized spacial score (nSPS) is 19.0. The van der Waals surface area contributed by atoms with Gasteiger partial charge >= 0.3 is 0 Å². The van der Waals surface area contributed by atoms with Crippen molar-refractivity contribution in [1.82, 2.24) is 4.90 Å². The number of non-ortho nitro benzene ring substituents is 1. The summed E-state index contributed by atoms with van der Waals surface area (Å²) in [6.07, 6.45) is 8.32. The van der Waals surface area contributed by atoms with Crippen LogP contribution >= 0.6 is 0 Å². The fraction of sp³-hybridized carbons (Fsp3) is 0.632. The number of hydrogen-bond donors (Lipinski definition) is 0. The van der Waals surface area contributed by atoms with Crippen LogP contribution in [0.25, 0.3) is 0 Å². The molecule has 1 aliphatic carbocycles. The molecule has 0 N–H and O–H groups in total. The van der Waals surface area contributed by atoms with Crippen LogP contribution in [0.5, 0.6) is 0 Å². The number of amides is 1. The first-order chi connectivity index (χ1) is 12.1. The predicted molar refractivity (Wildman–Crippen MR) is 97.7 cm³/mol. The van der Waals surface area contributed by atoms with E-state index in [2.05, 4.69) is 4.90 Å². The highest BCUT2D eigenvalue weighted by molar-refractivity contribution is 5.76. The summed E-state index contributed by atoms with van der Waals surface area (Å²) < 4.78 is 0. The van der Waals surface area contributed by atoms with Crippen molar-refractivity contribution in [3.8, 4) is 0 Å². The van der Waals surface area contributed by atoms with Gasteiger partial charge in [-0.3, -0.25) is 14.9 Å². The Kier molecular flexibility index (Phi) is 5.89. The molecule has 2 aliphatic rings. The first kappa shape index (κ1) is 17.7. The standard InChI is InChI=1S/C19H27N3O3/c23-19(11-6-16-4-2-1-3-5-16)21-14-12-20(13-15-21)17-7-9-18(10-8-17)22(24)25/h7-10,16H,1-6,11-15H2. The van der Waals surface area contributed by atoms with E-state index in [1.165, 1.54) is 44.2 Å². The Balaban J connectivity index is 1.44. The van der Waals surface area contributed by atoms with E-state index in [4.69, 9.17) is 0 Å². The van der Waals surface area contributed by atoms with Gasteiger partial charge in [0.1, 0.15) is 0 Å². The lowest BCUT2D eigenvalue weighted by molar-refractivity contribution is -0.384. The van der Waals surface area contributed by atoms with Crippen molar-refractivity contribution in [3.63, 3.8) is 0 Å². The summed E-state index contributed by atoms with van der Waals surface area (Å²) in [5.41, 5.74) is 1.10. The maximum Gasteiger partial charge on any atom is 0.269 e. The first-order valence-electron chi connectivity index (χ1n) is 9.40. The molecule has 1 saturated carbocycles. The average Bonchev–Trinajstić information content (AvgIpc) is 2.67. The molecule has 1 aliphatic heterocycles. The van der Waals surface area contributed by atoms with Gasteiger partial charge in [0.2, 0.25) is 5.91 Å². The van der Waals surface area contributed by atoms with Gasteiger partial charge in [-0.25, -0.2) is 0 Å². The largest absolute Gasteiger partial charge is 0.368 e. The maximum atomic E-state index is 12.4. The van der Waals surface area contributed by atoms with E-state index in [0.717, 1.165) is 44.2 Å². The molecule has 2 fully saturated rings. The minimum atomic E-state index is -0.382. The highest BCUT2D eigenvalue weighted by Gasteiger charge is 2.23. The van der Waals surface area contributed by atoms with Gasteiger partial charge in [-0.05, 0) is 24.5 Å². The van der Waals surface area contributed by atoms with Crippen LogP contribution in [0.3, 0.4) is 0 Å². The van der Waals surface area contributed by atoms with Gasteiger partial charge in [0.15, 0.2) is 0 Å². The first-order valence-corrected chi connectivity index (χ1v) is 9.40. The summed E-state index contributed by atoms with van der Waals surface area (Å²) in [6, 6.07) is 6.66. The topological polar surface area (TPSA) is 66.7 Å². The Bertz CT molecular complexity index is 588. The van der Waals surface area contributed by atoms with Crippen LogP contribution < -0.4 is 4.90 Å². The van der Waals surface area contributed by atoms with Crippen molar-refractivity contribution >= 4 is 17.3 Å². The van der Waals surface area contributed by atoms with Gasteiger partial charge in [-0.15, -0.1) is 0 Å². The second-order valence-electron chi connectivity index (χ2n) is 7.18. The third-order valence-corrected chi connectivity index (χ3v) is 5.55. The molecule has 25 heavy (non-hydrogen) atoms. The number of hydrogen-bond acceptors (Lipinski definition) is 4. The fourth-order valence-electron chi connectivity index (χ4n) is 3.96. The summed E-state index contributed by atoms with van der Waals surface area (Å²) in [4.78, 5) is 26.9. The molecular weight excluding hydrogens is 318 g/mol. The van der Waals surface area contributed by atoms with Gasteiger partial charge in [-0.2, -0.15) is 0 Å². The molecule has 0 spiro atoms. The maximum absolute atomic E-state index is 12.4. The summed E-state index contributed by atoms with van der Waals surface area (Å²) >= 11 is 0. The Labute approximate surface area is 148 Å². The van der Waals surface area contributed by atoms with E-state index in [0.29, 0.717) is 6.42 Å². The molecule has 1 heterocycles. The van der Waals surface area contributed by atoms with Crippen LogP contribution in [-0.4, -0.2) is 41.9 Å². The summed E-state index contributed by atoms with van der Waals surface area (Å²) in [6.45, 7) is 3.04. The molecule has 0 bridgehead atoms. The summed E-state index contributed by atoms with van der Waals surface area (Å²) in [7, 11) is 0. The van der Waals surface area contributed by atoms with Crippen molar-refractivity contribution in [3.05, 3.63) is 34.4 Å². The molecule has 0 aromatic heterocycles. The second kappa shape index (κ2) is 8.32. The van der Waals surface area contributed by atoms with Crippen LogP contribution in [0.4, 0.5) is 11.4 Å². The Hall–Kier alpha value is -2.11. The van der Waals surface area contributed by atoms with Gasteiger partial charge in [0.05, 0.1) is 4.92 Å². The van der Waals surface area contributed by atoms with E-state index in [-0.39, 0.29) is 16.5 Å². The van der Waals surface area contributed by atoms with E-state index >= 15 is 0 Å². The molecule has 1 aromatic carbocycles.